The van der Waals surface area contributed by atoms with Crippen molar-refractivity contribution in [1.29, 1.82) is 0 Å². The summed E-state index contributed by atoms with van der Waals surface area (Å²) in [5.41, 5.74) is 0.197. The number of aliphatic carboxylic acids is 1. The minimum Gasteiger partial charge on any atom is -0.481 e. The summed E-state index contributed by atoms with van der Waals surface area (Å²) in [5, 5.41) is 12.3. The van der Waals surface area contributed by atoms with Crippen molar-refractivity contribution in [2.45, 2.75) is 145 Å². The molecule has 0 aliphatic heterocycles. The van der Waals surface area contributed by atoms with Crippen LogP contribution >= 0.6 is 0 Å². The van der Waals surface area contributed by atoms with Crippen LogP contribution in [0.2, 0.25) is 0 Å². The van der Waals surface area contributed by atoms with Gasteiger partial charge < -0.3 is 15.2 Å². The zero-order valence-electron chi connectivity index (χ0n) is 28.5. The van der Waals surface area contributed by atoms with Crippen LogP contribution in [0.5, 0.6) is 0 Å². The lowest BCUT2D eigenvalue weighted by molar-refractivity contribution is -0.250. The molecule has 6 nitrogen and oxygen atoms in total. The summed E-state index contributed by atoms with van der Waals surface area (Å²) in [5.74, 6) is 2.35. The summed E-state index contributed by atoms with van der Waals surface area (Å²) in [7, 11) is 0. The van der Waals surface area contributed by atoms with E-state index in [1.54, 1.807) is 0 Å². The monoisotopic (exact) mass is 599 g/mol. The lowest BCUT2D eigenvalue weighted by atomic mass is 9.32. The largest absolute Gasteiger partial charge is 0.481 e. The van der Waals surface area contributed by atoms with Gasteiger partial charge in [-0.15, -0.1) is 0 Å². The molecule has 0 saturated heterocycles. The summed E-state index contributed by atoms with van der Waals surface area (Å²) < 4.78 is 6.15. The molecule has 0 aromatic carbocycles. The van der Waals surface area contributed by atoms with Gasteiger partial charge >= 0.3 is 11.9 Å². The molecule has 0 spiro atoms. The number of esters is 1. The average molecular weight is 600 g/mol. The molecule has 5 saturated carbocycles. The van der Waals surface area contributed by atoms with Crippen LogP contribution in [0.3, 0.4) is 0 Å². The van der Waals surface area contributed by atoms with Gasteiger partial charge in [-0.2, -0.15) is 0 Å². The van der Waals surface area contributed by atoms with Gasteiger partial charge in [-0.1, -0.05) is 55.4 Å². The van der Waals surface area contributed by atoms with Crippen LogP contribution in [0.1, 0.15) is 139 Å². The number of nitrogens with one attached hydrogen (secondary N) is 1. The predicted molar refractivity (Wildman–Crippen MR) is 169 cm³/mol. The van der Waals surface area contributed by atoms with Crippen LogP contribution in [-0.4, -0.2) is 35.6 Å². The van der Waals surface area contributed by atoms with Crippen molar-refractivity contribution in [2.75, 3.05) is 6.54 Å². The van der Waals surface area contributed by atoms with Gasteiger partial charge in [0.25, 0.3) is 0 Å². The quantitative estimate of drug-likeness (QED) is 0.276. The van der Waals surface area contributed by atoms with Gasteiger partial charge in [0.05, 0.1) is 11.8 Å². The number of carbonyl (C=O) groups is 3. The molecule has 6 heteroatoms. The minimum absolute atomic E-state index is 0.00105. The molecule has 1 amide bonds. The van der Waals surface area contributed by atoms with E-state index in [2.05, 4.69) is 53.8 Å². The number of rotatable bonds is 8. The number of fused-ring (bicyclic) bond motifs is 7. The molecule has 0 radical (unpaired) electrons. The third-order valence-electron chi connectivity index (χ3n) is 15.1. The predicted octanol–water partition coefficient (Wildman–Crippen LogP) is 8.03. The van der Waals surface area contributed by atoms with Gasteiger partial charge in [0.1, 0.15) is 6.10 Å². The normalized spacial score (nSPS) is 44.9. The molecule has 2 N–H and O–H groups in total. The van der Waals surface area contributed by atoms with E-state index in [0.29, 0.717) is 41.9 Å². The lowest BCUT2D eigenvalue weighted by Gasteiger charge is -2.73. The Bertz CT molecular complexity index is 1100. The molecule has 0 aromatic heterocycles. The SMILES string of the molecule is CCCC(=O)O[C@@H]1CC[C@]2(C)[C@H]3CC[C@@H]4[C@H]5[C@H](C(C)C)CC[C@]5(C(=O)NCCC(=O)O)CC[C@@]4(C)[C@]3(C)CC[C@H]2C1(C)C. The van der Waals surface area contributed by atoms with E-state index in [-0.39, 0.29) is 58.0 Å². The first-order chi connectivity index (χ1) is 20.1. The second kappa shape index (κ2) is 11.3. The van der Waals surface area contributed by atoms with E-state index < -0.39 is 5.97 Å². The molecule has 5 fully saturated rings. The Morgan fingerprint density at radius 1 is 0.837 bits per heavy atom. The Balaban J connectivity index is 1.44. The number of carbonyl (C=O) groups excluding carboxylic acids is 2. The number of carboxylic acid groups (broad SMARTS) is 1. The standard InChI is InChI=1S/C37H61NO5/c1-9-10-30(41)43-28-15-17-34(6)26(33(28,4)5)14-18-36(8)27(34)12-11-25-31-24(23(2)3)13-19-37(31,21-20-35(25,36)7)32(42)38-22-16-29(39)40/h23-28,31H,9-22H2,1-8H3,(H,38,42)(H,39,40)/t24-,25+,26-,27+,28+,31+,34-,35+,36+,37-/m0/s1. The Morgan fingerprint density at radius 2 is 1.56 bits per heavy atom. The molecule has 244 valence electrons. The van der Waals surface area contributed by atoms with Crippen molar-refractivity contribution in [3.63, 3.8) is 0 Å². The van der Waals surface area contributed by atoms with Crippen LogP contribution in [-0.2, 0) is 19.1 Å². The summed E-state index contributed by atoms with van der Waals surface area (Å²) in [4.78, 5) is 37.8. The molecule has 5 rings (SSSR count). The van der Waals surface area contributed by atoms with Gasteiger partial charge in [0.2, 0.25) is 5.91 Å². The van der Waals surface area contributed by atoms with E-state index in [1.807, 2.05) is 6.92 Å². The maximum atomic E-state index is 14.0. The third-order valence-corrected chi connectivity index (χ3v) is 15.1. The van der Waals surface area contributed by atoms with Crippen molar-refractivity contribution >= 4 is 17.8 Å². The van der Waals surface area contributed by atoms with E-state index >= 15 is 0 Å². The molecule has 43 heavy (non-hydrogen) atoms. The molecule has 0 heterocycles. The zero-order chi connectivity index (χ0) is 31.6. The topological polar surface area (TPSA) is 92.7 Å². The highest BCUT2D eigenvalue weighted by Gasteiger charge is 2.72. The van der Waals surface area contributed by atoms with Crippen molar-refractivity contribution in [2.24, 2.45) is 62.6 Å². The fraction of sp³-hybridized carbons (Fsp3) is 0.919. The maximum Gasteiger partial charge on any atom is 0.306 e. The maximum absolute atomic E-state index is 14.0. The van der Waals surface area contributed by atoms with E-state index in [4.69, 9.17) is 4.74 Å². The molecular formula is C37H61NO5. The smallest absolute Gasteiger partial charge is 0.306 e. The molecular weight excluding hydrogens is 538 g/mol. The summed E-state index contributed by atoms with van der Waals surface area (Å²) in [6, 6.07) is 0. The first-order valence-electron chi connectivity index (χ1n) is 17.8. The lowest BCUT2D eigenvalue weighted by Crippen LogP contribution is -2.67. The van der Waals surface area contributed by atoms with Crippen molar-refractivity contribution in [3.8, 4) is 0 Å². The summed E-state index contributed by atoms with van der Waals surface area (Å²) >= 11 is 0. The Kier molecular flexibility index (Phi) is 8.64. The Hall–Kier alpha value is -1.59. The van der Waals surface area contributed by atoms with Crippen LogP contribution in [0, 0.1) is 62.6 Å². The van der Waals surface area contributed by atoms with Gasteiger partial charge in [0.15, 0.2) is 0 Å². The Labute approximate surface area is 261 Å². The number of hydrogen-bond acceptors (Lipinski definition) is 4. The van der Waals surface area contributed by atoms with E-state index in [1.165, 1.54) is 25.7 Å². The fourth-order valence-electron chi connectivity index (χ4n) is 12.9. The number of amides is 1. The van der Waals surface area contributed by atoms with Crippen molar-refractivity contribution in [3.05, 3.63) is 0 Å². The molecule has 0 aromatic rings. The second-order valence-electron chi connectivity index (χ2n) is 17.3. The third kappa shape index (κ3) is 4.89. The van der Waals surface area contributed by atoms with Gasteiger partial charge in [-0.05, 0) is 122 Å². The van der Waals surface area contributed by atoms with Gasteiger partial charge in [-0.25, -0.2) is 0 Å². The average Bonchev–Trinajstić information content (AvgIpc) is 3.32. The number of ether oxygens (including phenoxy) is 1. The van der Waals surface area contributed by atoms with Crippen LogP contribution in [0.4, 0.5) is 0 Å². The molecule has 0 bridgehead atoms. The zero-order valence-corrected chi connectivity index (χ0v) is 28.5. The van der Waals surface area contributed by atoms with Crippen LogP contribution < -0.4 is 5.32 Å². The van der Waals surface area contributed by atoms with E-state index in [9.17, 15) is 19.5 Å². The highest BCUT2D eigenvalue weighted by Crippen LogP contribution is 2.77. The van der Waals surface area contributed by atoms with Crippen molar-refractivity contribution < 1.29 is 24.2 Å². The fourth-order valence-corrected chi connectivity index (χ4v) is 12.9. The Morgan fingerprint density at radius 3 is 2.21 bits per heavy atom. The van der Waals surface area contributed by atoms with E-state index in [0.717, 1.165) is 44.9 Å². The first-order valence-corrected chi connectivity index (χ1v) is 17.8. The molecule has 0 unspecified atom stereocenters. The van der Waals surface area contributed by atoms with Gasteiger partial charge in [0, 0.05) is 18.4 Å². The minimum atomic E-state index is -0.858. The molecule has 5 aliphatic carbocycles. The highest BCUT2D eigenvalue weighted by molar-refractivity contribution is 5.84. The summed E-state index contributed by atoms with van der Waals surface area (Å²) in [6.45, 7) is 19.5. The summed E-state index contributed by atoms with van der Waals surface area (Å²) in [6.07, 6.45) is 12.3. The van der Waals surface area contributed by atoms with Gasteiger partial charge in [-0.3, -0.25) is 14.4 Å². The van der Waals surface area contributed by atoms with Crippen molar-refractivity contribution in [1.82, 2.24) is 5.32 Å². The molecule has 10 atom stereocenters. The number of carboxylic acids is 1. The van der Waals surface area contributed by atoms with Crippen LogP contribution in [0.15, 0.2) is 0 Å². The number of hydrogen-bond donors (Lipinski definition) is 2. The molecule has 5 aliphatic rings. The second-order valence-corrected chi connectivity index (χ2v) is 17.3. The first kappa shape index (κ1) is 32.8. The van der Waals surface area contributed by atoms with Crippen LogP contribution in [0.25, 0.3) is 0 Å². The highest BCUT2D eigenvalue weighted by atomic mass is 16.5.